The van der Waals surface area contributed by atoms with Crippen molar-refractivity contribution < 1.29 is 4.74 Å². The van der Waals surface area contributed by atoms with Crippen molar-refractivity contribution in [3.63, 3.8) is 0 Å². The highest BCUT2D eigenvalue weighted by Gasteiger charge is 2.21. The maximum absolute atomic E-state index is 5.69. The minimum Gasteiger partial charge on any atom is -0.488 e. The van der Waals surface area contributed by atoms with Crippen LogP contribution < -0.4 is 15.8 Å². The van der Waals surface area contributed by atoms with Gasteiger partial charge in [-0.15, -0.1) is 0 Å². The Morgan fingerprint density at radius 3 is 3.00 bits per heavy atom. The summed E-state index contributed by atoms with van der Waals surface area (Å²) in [6.07, 6.45) is 1.08. The Morgan fingerprint density at radius 1 is 1.47 bits per heavy atom. The largest absolute Gasteiger partial charge is 0.488 e. The lowest BCUT2D eigenvalue weighted by Gasteiger charge is -2.11. The number of ether oxygens (including phenoxy) is 1. The normalized spacial score (nSPS) is 18.0. The van der Waals surface area contributed by atoms with Gasteiger partial charge in [-0.25, -0.2) is 0 Å². The molecular formula is C13H21N3O. The summed E-state index contributed by atoms with van der Waals surface area (Å²) in [5.41, 5.74) is 8.04. The molecule has 1 aromatic carbocycles. The average Bonchev–Trinajstić information content (AvgIpc) is 2.70. The number of nitrogens with one attached hydrogen (secondary N) is 1. The number of nitrogens with zero attached hydrogens (tertiary/aromatic N) is 1. The molecule has 0 fully saturated rings. The van der Waals surface area contributed by atoms with E-state index >= 15 is 0 Å². The number of hydrogen-bond acceptors (Lipinski definition) is 4. The zero-order valence-corrected chi connectivity index (χ0v) is 10.6. The zero-order chi connectivity index (χ0) is 12.3. The van der Waals surface area contributed by atoms with Crippen molar-refractivity contribution in [2.24, 2.45) is 5.73 Å². The number of likely N-dealkylation sites (N-methyl/N-ethyl adjacent to an activating group) is 1. The predicted molar refractivity (Wildman–Crippen MR) is 70.7 cm³/mol. The molecule has 0 saturated heterocycles. The first-order chi connectivity index (χ1) is 8.19. The van der Waals surface area contributed by atoms with E-state index in [4.69, 9.17) is 10.5 Å². The Hall–Kier alpha value is -1.26. The molecule has 0 saturated carbocycles. The van der Waals surface area contributed by atoms with Gasteiger partial charge < -0.3 is 20.7 Å². The standard InChI is InChI=1S/C13H21N3O/c1-16(2)6-5-15-11-3-4-13-10(7-11)8-12(9-14)17-13/h3-4,7,12,15H,5-6,8-9,14H2,1-2H3. The van der Waals surface area contributed by atoms with E-state index in [9.17, 15) is 0 Å². The molecule has 1 atom stereocenters. The van der Waals surface area contributed by atoms with Gasteiger partial charge in [0, 0.05) is 31.7 Å². The molecule has 0 amide bonds. The van der Waals surface area contributed by atoms with Crippen LogP contribution in [0.5, 0.6) is 5.75 Å². The summed E-state index contributed by atoms with van der Waals surface area (Å²) in [6.45, 7) is 2.56. The van der Waals surface area contributed by atoms with Gasteiger partial charge in [-0.1, -0.05) is 0 Å². The summed E-state index contributed by atoms with van der Waals surface area (Å²) in [4.78, 5) is 2.16. The van der Waals surface area contributed by atoms with E-state index in [0.717, 1.165) is 30.9 Å². The molecule has 4 nitrogen and oxygen atoms in total. The molecule has 0 bridgehead atoms. The summed E-state index contributed by atoms with van der Waals surface area (Å²) in [6, 6.07) is 6.26. The van der Waals surface area contributed by atoms with Crippen molar-refractivity contribution in [3.8, 4) is 5.75 Å². The topological polar surface area (TPSA) is 50.5 Å². The molecule has 1 aliphatic rings. The van der Waals surface area contributed by atoms with Crippen LogP contribution in [0.25, 0.3) is 0 Å². The number of benzene rings is 1. The summed E-state index contributed by atoms with van der Waals surface area (Å²) in [5, 5.41) is 3.41. The summed E-state index contributed by atoms with van der Waals surface area (Å²) >= 11 is 0. The fourth-order valence-electron chi connectivity index (χ4n) is 1.99. The van der Waals surface area contributed by atoms with E-state index in [0.29, 0.717) is 6.54 Å². The monoisotopic (exact) mass is 235 g/mol. The van der Waals surface area contributed by atoms with Crippen LogP contribution in [-0.4, -0.2) is 44.7 Å². The van der Waals surface area contributed by atoms with Gasteiger partial charge >= 0.3 is 0 Å². The summed E-state index contributed by atoms with van der Waals surface area (Å²) in [7, 11) is 4.15. The first kappa shape index (κ1) is 12.2. The van der Waals surface area contributed by atoms with Gasteiger partial charge in [0.05, 0.1) is 0 Å². The molecule has 3 N–H and O–H groups in total. The molecule has 0 aromatic heterocycles. The van der Waals surface area contributed by atoms with Gasteiger partial charge in [0.1, 0.15) is 11.9 Å². The first-order valence-corrected chi connectivity index (χ1v) is 6.07. The minimum absolute atomic E-state index is 0.155. The van der Waals surface area contributed by atoms with Crippen LogP contribution in [-0.2, 0) is 6.42 Å². The fraction of sp³-hybridized carbons (Fsp3) is 0.538. The molecular weight excluding hydrogens is 214 g/mol. The molecule has 1 unspecified atom stereocenters. The van der Waals surface area contributed by atoms with Gasteiger partial charge in [-0.2, -0.15) is 0 Å². The third-order valence-corrected chi connectivity index (χ3v) is 2.95. The Balaban J connectivity index is 1.94. The highest BCUT2D eigenvalue weighted by atomic mass is 16.5. The van der Waals surface area contributed by atoms with Crippen LogP contribution in [0.2, 0.25) is 0 Å². The highest BCUT2D eigenvalue weighted by Crippen LogP contribution is 2.30. The minimum atomic E-state index is 0.155. The molecule has 2 rings (SSSR count). The van der Waals surface area contributed by atoms with Crippen molar-refractivity contribution in [1.29, 1.82) is 0 Å². The van der Waals surface area contributed by atoms with Crippen LogP contribution in [0, 0.1) is 0 Å². The van der Waals surface area contributed by atoms with Crippen LogP contribution in [0.3, 0.4) is 0 Å². The van der Waals surface area contributed by atoms with Crippen LogP contribution in [0.1, 0.15) is 5.56 Å². The molecule has 0 aliphatic carbocycles. The van der Waals surface area contributed by atoms with Gasteiger partial charge in [-0.3, -0.25) is 0 Å². The number of fused-ring (bicyclic) bond motifs is 1. The van der Waals surface area contributed by atoms with Crippen molar-refractivity contribution in [1.82, 2.24) is 4.90 Å². The average molecular weight is 235 g/mol. The molecule has 1 aliphatic heterocycles. The number of nitrogens with two attached hydrogens (primary N) is 1. The predicted octanol–water partition coefficient (Wildman–Crippen LogP) is 0.922. The van der Waals surface area contributed by atoms with E-state index < -0.39 is 0 Å². The maximum atomic E-state index is 5.69. The smallest absolute Gasteiger partial charge is 0.123 e. The Kier molecular flexibility index (Phi) is 3.86. The van der Waals surface area contributed by atoms with Gasteiger partial charge in [-0.05, 0) is 37.9 Å². The Bertz CT molecular complexity index is 379. The lowest BCUT2D eigenvalue weighted by Crippen LogP contribution is -2.24. The quantitative estimate of drug-likeness (QED) is 0.797. The third-order valence-electron chi connectivity index (χ3n) is 2.95. The number of anilines is 1. The van der Waals surface area contributed by atoms with Crippen LogP contribution in [0.4, 0.5) is 5.69 Å². The van der Waals surface area contributed by atoms with E-state index in [1.165, 1.54) is 5.56 Å². The second kappa shape index (κ2) is 5.38. The highest BCUT2D eigenvalue weighted by molar-refractivity contribution is 5.52. The second-order valence-electron chi connectivity index (χ2n) is 4.73. The number of hydrogen-bond donors (Lipinski definition) is 2. The summed E-state index contributed by atoms with van der Waals surface area (Å²) < 4.78 is 5.69. The van der Waals surface area contributed by atoms with Gasteiger partial charge in [0.25, 0.3) is 0 Å². The van der Waals surface area contributed by atoms with Gasteiger partial charge in [0.2, 0.25) is 0 Å². The molecule has 0 spiro atoms. The number of rotatable bonds is 5. The van der Waals surface area contributed by atoms with E-state index in [1.807, 2.05) is 6.07 Å². The molecule has 1 aromatic rings. The lowest BCUT2D eigenvalue weighted by molar-refractivity contribution is 0.241. The Morgan fingerprint density at radius 2 is 2.29 bits per heavy atom. The Labute approximate surface area is 103 Å². The molecule has 4 heteroatoms. The van der Waals surface area contributed by atoms with Crippen molar-refractivity contribution in [2.75, 3.05) is 39.0 Å². The molecule has 17 heavy (non-hydrogen) atoms. The molecule has 94 valence electrons. The molecule has 1 heterocycles. The first-order valence-electron chi connectivity index (χ1n) is 6.07. The molecule has 0 radical (unpaired) electrons. The maximum Gasteiger partial charge on any atom is 0.123 e. The SMILES string of the molecule is CN(C)CCNc1ccc2c(c1)CC(CN)O2. The van der Waals surface area contributed by atoms with Crippen LogP contribution >= 0.6 is 0 Å². The van der Waals surface area contributed by atoms with Crippen molar-refractivity contribution in [3.05, 3.63) is 23.8 Å². The fourth-order valence-corrected chi connectivity index (χ4v) is 1.99. The van der Waals surface area contributed by atoms with E-state index in [1.54, 1.807) is 0 Å². The van der Waals surface area contributed by atoms with Crippen molar-refractivity contribution >= 4 is 5.69 Å². The third kappa shape index (κ3) is 3.11. The van der Waals surface area contributed by atoms with E-state index in [-0.39, 0.29) is 6.10 Å². The summed E-state index contributed by atoms with van der Waals surface area (Å²) in [5.74, 6) is 0.985. The lowest BCUT2D eigenvalue weighted by atomic mass is 10.1. The zero-order valence-electron chi connectivity index (χ0n) is 10.6. The van der Waals surface area contributed by atoms with Crippen molar-refractivity contribution in [2.45, 2.75) is 12.5 Å². The van der Waals surface area contributed by atoms with Crippen LogP contribution in [0.15, 0.2) is 18.2 Å². The second-order valence-corrected chi connectivity index (χ2v) is 4.73. The van der Waals surface area contributed by atoms with E-state index in [2.05, 4.69) is 36.4 Å². The van der Waals surface area contributed by atoms with Gasteiger partial charge in [0.15, 0.2) is 0 Å².